The van der Waals surface area contributed by atoms with E-state index in [-0.39, 0.29) is 6.03 Å². The van der Waals surface area contributed by atoms with Gasteiger partial charge in [-0.2, -0.15) is 0 Å². The van der Waals surface area contributed by atoms with Crippen LogP contribution < -0.4 is 5.32 Å². The molecule has 1 aromatic carbocycles. The first-order valence-electron chi connectivity index (χ1n) is 6.68. The Labute approximate surface area is 144 Å². The van der Waals surface area contributed by atoms with Crippen molar-refractivity contribution in [2.75, 3.05) is 7.05 Å². The molecule has 0 aliphatic heterocycles. The Morgan fingerprint density at radius 3 is 2.95 bits per heavy atom. The zero-order valence-corrected chi connectivity index (χ0v) is 15.1. The Balaban J connectivity index is 1.57. The van der Waals surface area contributed by atoms with E-state index in [1.54, 1.807) is 34.6 Å². The lowest BCUT2D eigenvalue weighted by Crippen LogP contribution is -2.36. The summed E-state index contributed by atoms with van der Waals surface area (Å²) in [4.78, 5) is 19.5. The number of para-hydroxylation sites is 1. The van der Waals surface area contributed by atoms with Crippen molar-refractivity contribution in [1.82, 2.24) is 15.2 Å². The summed E-state index contributed by atoms with van der Waals surface area (Å²) in [5.74, 6) is 0. The van der Waals surface area contributed by atoms with Crippen LogP contribution in [0.1, 0.15) is 9.88 Å². The number of urea groups is 1. The zero-order valence-electron chi connectivity index (χ0n) is 11.9. The van der Waals surface area contributed by atoms with Crippen molar-refractivity contribution in [3.05, 3.63) is 50.1 Å². The minimum absolute atomic E-state index is 0.0937. The van der Waals surface area contributed by atoms with Gasteiger partial charge in [0.05, 0.1) is 23.3 Å². The highest BCUT2D eigenvalue weighted by Crippen LogP contribution is 2.22. The molecule has 7 heteroatoms. The predicted molar refractivity (Wildman–Crippen MR) is 95.3 cm³/mol. The maximum absolute atomic E-state index is 12.1. The molecular weight excluding hydrogens is 382 g/mol. The van der Waals surface area contributed by atoms with Crippen molar-refractivity contribution in [3.63, 3.8) is 0 Å². The Bertz CT molecular complexity index is 766. The predicted octanol–water partition coefficient (Wildman–Crippen LogP) is 4.46. The summed E-state index contributed by atoms with van der Waals surface area (Å²) in [6, 6.07) is 9.93. The molecule has 0 saturated heterocycles. The van der Waals surface area contributed by atoms with Crippen LogP contribution in [0.4, 0.5) is 4.79 Å². The van der Waals surface area contributed by atoms with Gasteiger partial charge in [0.1, 0.15) is 5.01 Å². The molecule has 0 atom stereocenters. The molecule has 0 unspecified atom stereocenters. The van der Waals surface area contributed by atoms with E-state index in [9.17, 15) is 4.79 Å². The second-order valence-electron chi connectivity index (χ2n) is 4.82. The summed E-state index contributed by atoms with van der Waals surface area (Å²) in [5.41, 5.74) is 0.980. The monoisotopic (exact) mass is 395 g/mol. The van der Waals surface area contributed by atoms with E-state index < -0.39 is 0 Å². The number of aromatic nitrogens is 1. The lowest BCUT2D eigenvalue weighted by molar-refractivity contribution is 0.207. The Kier molecular flexibility index (Phi) is 4.75. The number of amides is 2. The number of carbonyl (C=O) groups is 1. The van der Waals surface area contributed by atoms with Gasteiger partial charge >= 0.3 is 6.03 Å². The molecular formula is C15H14BrN3OS2. The van der Waals surface area contributed by atoms with Crippen LogP contribution in [0.25, 0.3) is 10.2 Å². The number of rotatable bonds is 4. The van der Waals surface area contributed by atoms with E-state index in [4.69, 9.17) is 0 Å². The molecule has 4 nitrogen and oxygen atoms in total. The average molecular weight is 396 g/mol. The third kappa shape index (κ3) is 3.66. The topological polar surface area (TPSA) is 45.2 Å². The third-order valence-corrected chi connectivity index (χ3v) is 5.81. The van der Waals surface area contributed by atoms with E-state index >= 15 is 0 Å². The second kappa shape index (κ2) is 6.76. The standard InChI is InChI=1S/C15H14BrN3OS2/c1-19(8-11-6-10(16)9-21-11)15(20)17-7-14-18-12-4-2-3-5-13(12)22-14/h2-6,9H,7-8H2,1H3,(H,17,20). The van der Waals surface area contributed by atoms with E-state index in [1.165, 1.54) is 0 Å². The fourth-order valence-electron chi connectivity index (χ4n) is 2.02. The summed E-state index contributed by atoms with van der Waals surface area (Å²) >= 11 is 6.67. The van der Waals surface area contributed by atoms with Crippen molar-refractivity contribution in [2.24, 2.45) is 0 Å². The first kappa shape index (κ1) is 15.5. The lowest BCUT2D eigenvalue weighted by Gasteiger charge is -2.16. The van der Waals surface area contributed by atoms with Crippen LogP contribution >= 0.6 is 38.6 Å². The van der Waals surface area contributed by atoms with Gasteiger partial charge in [-0.15, -0.1) is 22.7 Å². The van der Waals surface area contributed by atoms with Gasteiger partial charge < -0.3 is 10.2 Å². The minimum Gasteiger partial charge on any atom is -0.331 e. The number of thiophene rings is 1. The molecule has 0 spiro atoms. The van der Waals surface area contributed by atoms with Gasteiger partial charge in [0.15, 0.2) is 0 Å². The Morgan fingerprint density at radius 1 is 1.41 bits per heavy atom. The quantitative estimate of drug-likeness (QED) is 0.708. The molecule has 0 aliphatic rings. The summed E-state index contributed by atoms with van der Waals surface area (Å²) in [5, 5.41) is 5.85. The first-order chi connectivity index (χ1) is 10.6. The molecule has 0 fully saturated rings. The highest BCUT2D eigenvalue weighted by Gasteiger charge is 2.11. The number of fused-ring (bicyclic) bond motifs is 1. The molecule has 2 heterocycles. The normalized spacial score (nSPS) is 10.8. The number of nitrogens with zero attached hydrogens (tertiary/aromatic N) is 2. The minimum atomic E-state index is -0.0937. The number of hydrogen-bond donors (Lipinski definition) is 1. The molecule has 1 N–H and O–H groups in total. The third-order valence-electron chi connectivity index (χ3n) is 3.09. The fourth-order valence-corrected chi connectivity index (χ4v) is 4.43. The van der Waals surface area contributed by atoms with E-state index in [0.717, 1.165) is 24.6 Å². The van der Waals surface area contributed by atoms with Gasteiger partial charge in [-0.1, -0.05) is 12.1 Å². The van der Waals surface area contributed by atoms with Gasteiger partial charge in [-0.25, -0.2) is 9.78 Å². The van der Waals surface area contributed by atoms with Crippen LogP contribution in [-0.2, 0) is 13.1 Å². The van der Waals surface area contributed by atoms with Crippen molar-refractivity contribution in [2.45, 2.75) is 13.1 Å². The van der Waals surface area contributed by atoms with Crippen molar-refractivity contribution >= 4 is 54.9 Å². The number of hydrogen-bond acceptors (Lipinski definition) is 4. The van der Waals surface area contributed by atoms with Crippen LogP contribution in [0.15, 0.2) is 40.2 Å². The second-order valence-corrected chi connectivity index (χ2v) is 7.85. The van der Waals surface area contributed by atoms with Crippen LogP contribution in [0.3, 0.4) is 0 Å². The highest BCUT2D eigenvalue weighted by molar-refractivity contribution is 9.10. The molecule has 2 amide bonds. The number of thiazole rings is 1. The molecule has 0 aliphatic carbocycles. The Hall–Kier alpha value is -1.44. The lowest BCUT2D eigenvalue weighted by atomic mass is 10.3. The van der Waals surface area contributed by atoms with Crippen LogP contribution in [0.2, 0.25) is 0 Å². The molecule has 114 valence electrons. The highest BCUT2D eigenvalue weighted by atomic mass is 79.9. The summed E-state index contributed by atoms with van der Waals surface area (Å²) in [6.07, 6.45) is 0. The van der Waals surface area contributed by atoms with Crippen molar-refractivity contribution in [3.8, 4) is 0 Å². The zero-order chi connectivity index (χ0) is 15.5. The fraction of sp³-hybridized carbons (Fsp3) is 0.200. The van der Waals surface area contributed by atoms with Gasteiger partial charge in [0, 0.05) is 21.8 Å². The molecule has 2 aromatic heterocycles. The summed E-state index contributed by atoms with van der Waals surface area (Å²) in [6.45, 7) is 1.05. The first-order valence-corrected chi connectivity index (χ1v) is 9.17. The van der Waals surface area contributed by atoms with Gasteiger partial charge in [0.25, 0.3) is 0 Å². The van der Waals surface area contributed by atoms with Gasteiger partial charge in [0.2, 0.25) is 0 Å². The summed E-state index contributed by atoms with van der Waals surface area (Å²) < 4.78 is 2.19. The number of benzene rings is 1. The number of halogens is 1. The smallest absolute Gasteiger partial charge is 0.317 e. The Morgan fingerprint density at radius 2 is 2.23 bits per heavy atom. The van der Waals surface area contributed by atoms with Crippen LogP contribution in [0, 0.1) is 0 Å². The molecule has 0 bridgehead atoms. The largest absolute Gasteiger partial charge is 0.331 e. The molecule has 3 aromatic rings. The van der Waals surface area contributed by atoms with E-state index in [2.05, 4.69) is 26.2 Å². The van der Waals surface area contributed by atoms with E-state index in [1.807, 2.05) is 35.7 Å². The molecule has 3 rings (SSSR count). The number of nitrogens with one attached hydrogen (secondary N) is 1. The maximum Gasteiger partial charge on any atom is 0.317 e. The van der Waals surface area contributed by atoms with Gasteiger partial charge in [-0.3, -0.25) is 0 Å². The molecule has 22 heavy (non-hydrogen) atoms. The average Bonchev–Trinajstić information content (AvgIpc) is 3.10. The van der Waals surface area contributed by atoms with Gasteiger partial charge in [-0.05, 0) is 34.1 Å². The molecule has 0 saturated carbocycles. The van der Waals surface area contributed by atoms with E-state index in [0.29, 0.717) is 13.1 Å². The van der Waals surface area contributed by atoms with Crippen LogP contribution in [-0.4, -0.2) is 23.0 Å². The van der Waals surface area contributed by atoms with Crippen LogP contribution in [0.5, 0.6) is 0 Å². The molecule has 0 radical (unpaired) electrons. The summed E-state index contributed by atoms with van der Waals surface area (Å²) in [7, 11) is 1.79. The SMILES string of the molecule is CN(Cc1cc(Br)cs1)C(=O)NCc1nc2ccccc2s1. The number of carbonyl (C=O) groups excluding carboxylic acids is 1. The van der Waals surface area contributed by atoms with Crippen molar-refractivity contribution in [1.29, 1.82) is 0 Å². The van der Waals surface area contributed by atoms with Crippen molar-refractivity contribution < 1.29 is 4.79 Å². The maximum atomic E-state index is 12.1.